The summed E-state index contributed by atoms with van der Waals surface area (Å²) in [5, 5.41) is 6.13. The Balaban J connectivity index is 1.06. The first-order chi connectivity index (χ1) is 15.0. The van der Waals surface area contributed by atoms with Crippen LogP contribution in [-0.4, -0.2) is 36.5 Å². The number of unbranched alkanes of at least 4 members (excludes halogenated alkanes) is 2. The van der Waals surface area contributed by atoms with E-state index >= 15 is 0 Å². The van der Waals surface area contributed by atoms with Crippen LogP contribution in [-0.2, 0) is 19.2 Å². The van der Waals surface area contributed by atoms with Crippen LogP contribution in [0.15, 0.2) is 0 Å². The molecule has 31 heavy (non-hydrogen) atoms. The summed E-state index contributed by atoms with van der Waals surface area (Å²) >= 11 is 0. The average molecular weight is 431 g/mol. The van der Waals surface area contributed by atoms with Crippen molar-refractivity contribution < 1.29 is 19.2 Å². The largest absolute Gasteiger partial charge is 0.356 e. The smallest absolute Gasteiger partial charge is 0.223 e. The van der Waals surface area contributed by atoms with Gasteiger partial charge in [-0.1, -0.05) is 12.8 Å². The number of rotatable bonds is 8. The van der Waals surface area contributed by atoms with Crippen molar-refractivity contribution in [3.8, 4) is 0 Å². The summed E-state index contributed by atoms with van der Waals surface area (Å²) in [6, 6.07) is 0. The van der Waals surface area contributed by atoms with Crippen LogP contribution in [0.5, 0.6) is 0 Å². The zero-order chi connectivity index (χ0) is 21.8. The van der Waals surface area contributed by atoms with Crippen molar-refractivity contribution in [2.75, 3.05) is 13.1 Å². The molecule has 172 valence electrons. The second kappa shape index (κ2) is 10.3. The summed E-state index contributed by atoms with van der Waals surface area (Å²) in [4.78, 5) is 49.3. The Morgan fingerprint density at radius 1 is 0.613 bits per heavy atom. The highest BCUT2D eigenvalue weighted by molar-refractivity contribution is 5.89. The fraction of sp³-hybridized carbons (Fsp3) is 0.840. The lowest BCUT2D eigenvalue weighted by Crippen LogP contribution is -2.43. The molecule has 6 nitrogen and oxygen atoms in total. The number of amides is 2. The van der Waals surface area contributed by atoms with Crippen molar-refractivity contribution in [3.05, 3.63) is 0 Å². The van der Waals surface area contributed by atoms with Crippen molar-refractivity contribution in [2.45, 2.75) is 83.5 Å². The summed E-state index contributed by atoms with van der Waals surface area (Å²) in [5.41, 5.74) is 0. The van der Waals surface area contributed by atoms with Gasteiger partial charge in [0.05, 0.1) is 0 Å². The second-order valence-corrected chi connectivity index (χ2v) is 10.4. The number of ketones is 2. The van der Waals surface area contributed by atoms with Crippen LogP contribution >= 0.6 is 0 Å². The van der Waals surface area contributed by atoms with Gasteiger partial charge in [-0.2, -0.15) is 0 Å². The molecule has 4 rings (SSSR count). The van der Waals surface area contributed by atoms with Crippen molar-refractivity contribution in [1.82, 2.24) is 10.6 Å². The van der Waals surface area contributed by atoms with Crippen LogP contribution in [0.3, 0.4) is 0 Å². The summed E-state index contributed by atoms with van der Waals surface area (Å²) < 4.78 is 0. The molecule has 0 spiro atoms. The molecule has 2 amide bonds. The molecule has 0 aromatic heterocycles. The number of nitrogens with one attached hydrogen (secondary N) is 2. The molecule has 4 fully saturated rings. The molecule has 2 unspecified atom stereocenters. The Bertz CT molecular complexity index is 616. The molecular weight excluding hydrogens is 392 g/mol. The van der Waals surface area contributed by atoms with Crippen LogP contribution < -0.4 is 10.6 Å². The molecule has 4 saturated carbocycles. The van der Waals surface area contributed by atoms with Gasteiger partial charge >= 0.3 is 0 Å². The van der Waals surface area contributed by atoms with Gasteiger partial charge in [-0.15, -0.1) is 0 Å². The van der Waals surface area contributed by atoms with Gasteiger partial charge in [0.15, 0.2) is 0 Å². The molecule has 0 radical (unpaired) electrons. The first-order valence-corrected chi connectivity index (χ1v) is 12.7. The Morgan fingerprint density at radius 3 is 1.32 bits per heavy atom. The van der Waals surface area contributed by atoms with Gasteiger partial charge in [0.2, 0.25) is 11.8 Å². The third-order valence-corrected chi connectivity index (χ3v) is 8.29. The van der Waals surface area contributed by atoms with E-state index in [1.807, 2.05) is 0 Å². The first kappa shape index (κ1) is 22.5. The van der Waals surface area contributed by atoms with Crippen LogP contribution in [0, 0.1) is 35.5 Å². The number of hydrogen-bond acceptors (Lipinski definition) is 4. The monoisotopic (exact) mass is 430 g/mol. The molecule has 4 bridgehead atoms. The van der Waals surface area contributed by atoms with Crippen molar-refractivity contribution in [1.29, 1.82) is 0 Å². The Morgan fingerprint density at radius 2 is 0.968 bits per heavy atom. The number of hydrogen-bond donors (Lipinski definition) is 2. The van der Waals surface area contributed by atoms with Gasteiger partial charge in [0.25, 0.3) is 0 Å². The summed E-state index contributed by atoms with van der Waals surface area (Å²) in [7, 11) is 0. The van der Waals surface area contributed by atoms with E-state index in [0.29, 0.717) is 24.7 Å². The normalized spacial score (nSPS) is 34.8. The van der Waals surface area contributed by atoms with Gasteiger partial charge in [0, 0.05) is 48.6 Å². The van der Waals surface area contributed by atoms with Gasteiger partial charge in [0.1, 0.15) is 11.6 Å². The summed E-state index contributed by atoms with van der Waals surface area (Å²) in [6.45, 7) is 1.33. The molecule has 0 heterocycles. The maximum absolute atomic E-state index is 12.5. The molecule has 0 aliphatic heterocycles. The van der Waals surface area contributed by atoms with Crippen molar-refractivity contribution in [2.24, 2.45) is 35.5 Å². The standard InChI is InChI=1S/C25H38N2O4/c28-22-16-6-4-7-17(22)13-20(12-16)24(30)26-10-2-1-3-11-27-25(31)21-14-18-8-5-9-19(15-21)23(18)29/h16-21H,1-15H2,(H,26,30)(H,27,31)/t16-,17+,18-,19+,20?,21?. The number of carbonyl (C=O) groups is 4. The third-order valence-electron chi connectivity index (χ3n) is 8.29. The third kappa shape index (κ3) is 5.38. The van der Waals surface area contributed by atoms with E-state index in [1.54, 1.807) is 0 Å². The predicted octanol–water partition coefficient (Wildman–Crippen LogP) is 3.18. The lowest BCUT2D eigenvalue weighted by atomic mass is 9.67. The number of carbonyl (C=O) groups excluding carboxylic acids is 4. The van der Waals surface area contributed by atoms with E-state index < -0.39 is 0 Å². The fourth-order valence-corrected chi connectivity index (χ4v) is 6.53. The van der Waals surface area contributed by atoms with E-state index in [2.05, 4.69) is 10.6 Å². The highest BCUT2D eigenvalue weighted by atomic mass is 16.2. The van der Waals surface area contributed by atoms with Gasteiger partial charge in [-0.3, -0.25) is 19.2 Å². The quantitative estimate of drug-likeness (QED) is 0.579. The minimum atomic E-state index is 0.00848. The fourth-order valence-electron chi connectivity index (χ4n) is 6.53. The highest BCUT2D eigenvalue weighted by Gasteiger charge is 2.42. The topological polar surface area (TPSA) is 92.3 Å². The molecule has 4 aliphatic carbocycles. The zero-order valence-corrected chi connectivity index (χ0v) is 18.7. The van der Waals surface area contributed by atoms with Crippen LogP contribution in [0.1, 0.15) is 83.5 Å². The molecule has 0 aromatic carbocycles. The summed E-state index contributed by atoms with van der Waals surface area (Å²) in [5.74, 6) is 1.54. The minimum Gasteiger partial charge on any atom is -0.356 e. The Labute approximate surface area is 185 Å². The number of Topliss-reactive ketones (excluding diaryl/α,β-unsaturated/α-hetero) is 2. The van der Waals surface area contributed by atoms with Gasteiger partial charge < -0.3 is 10.6 Å². The van der Waals surface area contributed by atoms with Crippen LogP contribution in [0.2, 0.25) is 0 Å². The lowest BCUT2D eigenvalue weighted by molar-refractivity contribution is -0.139. The molecule has 6 atom stereocenters. The second-order valence-electron chi connectivity index (χ2n) is 10.4. The van der Waals surface area contributed by atoms with E-state index in [9.17, 15) is 19.2 Å². The Hall–Kier alpha value is -1.72. The molecule has 4 aliphatic rings. The molecule has 0 saturated heterocycles. The Kier molecular flexibility index (Phi) is 7.44. The highest BCUT2D eigenvalue weighted by Crippen LogP contribution is 2.41. The summed E-state index contributed by atoms with van der Waals surface area (Å²) in [6.07, 6.45) is 11.8. The molecule has 2 N–H and O–H groups in total. The zero-order valence-electron chi connectivity index (χ0n) is 18.7. The maximum atomic E-state index is 12.5. The first-order valence-electron chi connectivity index (χ1n) is 12.7. The predicted molar refractivity (Wildman–Crippen MR) is 117 cm³/mol. The lowest BCUT2D eigenvalue weighted by Gasteiger charge is -2.37. The van der Waals surface area contributed by atoms with Gasteiger partial charge in [-0.05, 0) is 70.6 Å². The average Bonchev–Trinajstić information content (AvgIpc) is 2.72. The van der Waals surface area contributed by atoms with E-state index in [4.69, 9.17) is 0 Å². The van der Waals surface area contributed by atoms with Crippen molar-refractivity contribution >= 4 is 23.4 Å². The molecule has 0 aromatic rings. The SMILES string of the molecule is O=C(NCCCCCNC(=O)C1C[C@H]2CCC[C@@H](C1)C2=O)C1C[C@H]2CCC[C@@H](C1)C2=O. The van der Waals surface area contributed by atoms with E-state index in [0.717, 1.165) is 83.5 Å². The van der Waals surface area contributed by atoms with Crippen LogP contribution in [0.25, 0.3) is 0 Å². The van der Waals surface area contributed by atoms with Crippen molar-refractivity contribution in [3.63, 3.8) is 0 Å². The van der Waals surface area contributed by atoms with E-state index in [-0.39, 0.29) is 47.3 Å². The maximum Gasteiger partial charge on any atom is 0.223 e. The van der Waals surface area contributed by atoms with Crippen LogP contribution in [0.4, 0.5) is 0 Å². The molecule has 6 heteroatoms. The molecular formula is C25H38N2O4. The minimum absolute atomic E-state index is 0.00848. The van der Waals surface area contributed by atoms with Gasteiger partial charge in [-0.25, -0.2) is 0 Å². The number of fused-ring (bicyclic) bond motifs is 4. The van der Waals surface area contributed by atoms with E-state index in [1.165, 1.54) is 0 Å².